The average Bonchev–Trinajstić information content (AvgIpc) is 2.86. The molecule has 4 nitrogen and oxygen atoms in total. The number of benzene rings is 1. The number of hydrogen-bond acceptors (Lipinski definition) is 4. The molecule has 1 heterocycles. The maximum atomic E-state index is 13.5. The number of carbonyl (C=O) groups excluding carboxylic acids is 1. The largest absolute Gasteiger partial charge is 0.395 e. The Kier molecular flexibility index (Phi) is 4.01. The van der Waals surface area contributed by atoms with Gasteiger partial charge in [-0.15, -0.1) is 11.3 Å². The highest BCUT2D eigenvalue weighted by Crippen LogP contribution is 2.25. The molecule has 6 heteroatoms. The number of aromatic nitrogens is 1. The molecule has 2 rings (SSSR count). The smallest absolute Gasteiger partial charge is 0.270 e. The topological polar surface area (TPSA) is 62.2 Å². The quantitative estimate of drug-likeness (QED) is 0.885. The van der Waals surface area contributed by atoms with Crippen molar-refractivity contribution < 1.29 is 14.3 Å². The van der Waals surface area contributed by atoms with E-state index in [-0.39, 0.29) is 30.6 Å². The van der Waals surface area contributed by atoms with Crippen LogP contribution in [0.1, 0.15) is 10.5 Å². The second-order valence-electron chi connectivity index (χ2n) is 3.50. The van der Waals surface area contributed by atoms with E-state index in [1.54, 1.807) is 23.6 Å². The number of hydrogen-bond donors (Lipinski definition) is 2. The fourth-order valence-electron chi connectivity index (χ4n) is 1.40. The molecule has 0 fully saturated rings. The predicted molar refractivity (Wildman–Crippen MR) is 66.9 cm³/mol. The molecular formula is C12H11FN2O2S. The van der Waals surface area contributed by atoms with Crippen molar-refractivity contribution in [2.75, 3.05) is 13.2 Å². The van der Waals surface area contributed by atoms with Gasteiger partial charge in [0.2, 0.25) is 0 Å². The van der Waals surface area contributed by atoms with E-state index in [1.165, 1.54) is 17.4 Å². The molecule has 0 unspecified atom stereocenters. The van der Waals surface area contributed by atoms with Crippen molar-refractivity contribution in [3.8, 4) is 10.6 Å². The lowest BCUT2D eigenvalue weighted by Gasteiger charge is -1.99. The van der Waals surface area contributed by atoms with E-state index in [0.29, 0.717) is 10.6 Å². The van der Waals surface area contributed by atoms with E-state index in [9.17, 15) is 9.18 Å². The van der Waals surface area contributed by atoms with Crippen LogP contribution >= 0.6 is 11.3 Å². The molecule has 0 aliphatic rings. The molecule has 0 radical (unpaired) electrons. The van der Waals surface area contributed by atoms with Crippen LogP contribution in [0.5, 0.6) is 0 Å². The summed E-state index contributed by atoms with van der Waals surface area (Å²) in [6.45, 7) is 0.0431. The van der Waals surface area contributed by atoms with Crippen molar-refractivity contribution in [3.63, 3.8) is 0 Å². The SMILES string of the molecule is O=C(NCCO)c1csc(-c2ccccc2F)n1. The van der Waals surface area contributed by atoms with E-state index < -0.39 is 0 Å². The Morgan fingerprint density at radius 1 is 1.44 bits per heavy atom. The van der Waals surface area contributed by atoms with Gasteiger partial charge in [0.1, 0.15) is 16.5 Å². The molecule has 2 N–H and O–H groups in total. The first-order chi connectivity index (χ1) is 8.72. The van der Waals surface area contributed by atoms with Crippen molar-refractivity contribution in [3.05, 3.63) is 41.2 Å². The molecule has 1 aromatic carbocycles. The first-order valence-electron chi connectivity index (χ1n) is 5.32. The van der Waals surface area contributed by atoms with E-state index in [2.05, 4.69) is 10.3 Å². The van der Waals surface area contributed by atoms with Gasteiger partial charge in [0.05, 0.1) is 6.61 Å². The Bertz CT molecular complexity index is 557. The van der Waals surface area contributed by atoms with Crippen molar-refractivity contribution in [1.29, 1.82) is 0 Å². The summed E-state index contributed by atoms with van der Waals surface area (Å²) in [5.41, 5.74) is 0.607. The Labute approximate surface area is 107 Å². The van der Waals surface area contributed by atoms with Gasteiger partial charge in [-0.2, -0.15) is 0 Å². The zero-order chi connectivity index (χ0) is 13.0. The van der Waals surface area contributed by atoms with Gasteiger partial charge in [-0.1, -0.05) is 12.1 Å². The minimum atomic E-state index is -0.372. The Morgan fingerprint density at radius 2 is 2.22 bits per heavy atom. The number of nitrogens with one attached hydrogen (secondary N) is 1. The molecule has 2 aromatic rings. The van der Waals surface area contributed by atoms with Crippen LogP contribution in [0, 0.1) is 5.82 Å². The van der Waals surface area contributed by atoms with Crippen LogP contribution < -0.4 is 5.32 Å². The van der Waals surface area contributed by atoms with Gasteiger partial charge in [0.25, 0.3) is 5.91 Å². The van der Waals surface area contributed by atoms with Crippen LogP contribution in [0.2, 0.25) is 0 Å². The molecule has 0 aliphatic carbocycles. The molecule has 0 saturated heterocycles. The molecule has 0 bridgehead atoms. The van der Waals surface area contributed by atoms with Crippen LogP contribution in [0.4, 0.5) is 4.39 Å². The molecule has 1 aromatic heterocycles. The van der Waals surface area contributed by atoms with Crippen LogP contribution in [0.25, 0.3) is 10.6 Å². The number of carbonyl (C=O) groups is 1. The van der Waals surface area contributed by atoms with Gasteiger partial charge in [-0.3, -0.25) is 4.79 Å². The van der Waals surface area contributed by atoms with Crippen molar-refractivity contribution in [2.45, 2.75) is 0 Å². The summed E-state index contributed by atoms with van der Waals surface area (Å²) in [7, 11) is 0. The third-order valence-electron chi connectivity index (χ3n) is 2.24. The molecule has 0 aliphatic heterocycles. The Morgan fingerprint density at radius 3 is 2.94 bits per heavy atom. The zero-order valence-corrected chi connectivity index (χ0v) is 10.2. The standard InChI is InChI=1S/C12H11FN2O2S/c13-9-4-2-1-3-8(9)12-15-10(7-18-12)11(17)14-5-6-16/h1-4,7,16H,5-6H2,(H,14,17). The lowest BCUT2D eigenvalue weighted by molar-refractivity contribution is 0.0940. The van der Waals surface area contributed by atoms with Crippen molar-refractivity contribution >= 4 is 17.2 Å². The van der Waals surface area contributed by atoms with Gasteiger partial charge in [-0.05, 0) is 12.1 Å². The van der Waals surface area contributed by atoms with Crippen LogP contribution in [-0.4, -0.2) is 29.1 Å². The fraction of sp³-hybridized carbons (Fsp3) is 0.167. The van der Waals surface area contributed by atoms with Crippen LogP contribution in [0.3, 0.4) is 0 Å². The highest BCUT2D eigenvalue weighted by atomic mass is 32.1. The summed E-state index contributed by atoms with van der Waals surface area (Å²) < 4.78 is 13.5. The minimum Gasteiger partial charge on any atom is -0.395 e. The molecule has 18 heavy (non-hydrogen) atoms. The molecular weight excluding hydrogens is 255 g/mol. The average molecular weight is 266 g/mol. The number of amides is 1. The summed E-state index contributed by atoms with van der Waals surface area (Å²) >= 11 is 1.20. The first kappa shape index (κ1) is 12.7. The zero-order valence-electron chi connectivity index (χ0n) is 9.39. The van der Waals surface area contributed by atoms with Gasteiger partial charge >= 0.3 is 0 Å². The summed E-state index contributed by atoms with van der Waals surface area (Å²) in [4.78, 5) is 15.6. The van der Waals surface area contributed by atoms with Gasteiger partial charge in [0, 0.05) is 17.5 Å². The molecule has 0 saturated carbocycles. The molecule has 94 valence electrons. The molecule has 0 spiro atoms. The number of nitrogens with zero attached hydrogens (tertiary/aromatic N) is 1. The van der Waals surface area contributed by atoms with Crippen LogP contribution in [-0.2, 0) is 0 Å². The van der Waals surface area contributed by atoms with Crippen molar-refractivity contribution in [2.24, 2.45) is 0 Å². The first-order valence-corrected chi connectivity index (χ1v) is 6.20. The fourth-order valence-corrected chi connectivity index (χ4v) is 2.22. The number of halogens is 1. The maximum absolute atomic E-state index is 13.5. The van der Waals surface area contributed by atoms with Crippen molar-refractivity contribution in [1.82, 2.24) is 10.3 Å². The summed E-state index contributed by atoms with van der Waals surface area (Å²) in [5.74, 6) is -0.739. The summed E-state index contributed by atoms with van der Waals surface area (Å²) in [6, 6.07) is 6.28. The summed E-state index contributed by atoms with van der Waals surface area (Å²) in [5, 5.41) is 13.1. The molecule has 1 amide bonds. The van der Waals surface area contributed by atoms with Gasteiger partial charge < -0.3 is 10.4 Å². The Hall–Kier alpha value is -1.79. The van der Waals surface area contributed by atoms with Gasteiger partial charge in [0.15, 0.2) is 0 Å². The number of aliphatic hydroxyl groups is 1. The number of aliphatic hydroxyl groups excluding tert-OH is 1. The highest BCUT2D eigenvalue weighted by molar-refractivity contribution is 7.13. The molecule has 0 atom stereocenters. The predicted octanol–water partition coefficient (Wildman–Crippen LogP) is 1.67. The van der Waals surface area contributed by atoms with Crippen LogP contribution in [0.15, 0.2) is 29.6 Å². The van der Waals surface area contributed by atoms with E-state index >= 15 is 0 Å². The van der Waals surface area contributed by atoms with E-state index in [0.717, 1.165) is 0 Å². The van der Waals surface area contributed by atoms with E-state index in [1.807, 2.05) is 0 Å². The third kappa shape index (κ3) is 2.72. The van der Waals surface area contributed by atoms with Gasteiger partial charge in [-0.25, -0.2) is 9.37 Å². The van der Waals surface area contributed by atoms with E-state index in [4.69, 9.17) is 5.11 Å². The monoisotopic (exact) mass is 266 g/mol. The second-order valence-corrected chi connectivity index (χ2v) is 4.36. The number of thiazole rings is 1. The maximum Gasteiger partial charge on any atom is 0.270 e. The summed E-state index contributed by atoms with van der Waals surface area (Å²) in [6.07, 6.45) is 0. The third-order valence-corrected chi connectivity index (χ3v) is 3.11. The second kappa shape index (κ2) is 5.70. The highest BCUT2D eigenvalue weighted by Gasteiger charge is 2.13. The normalized spacial score (nSPS) is 10.3. The minimum absolute atomic E-state index is 0.129. The lowest BCUT2D eigenvalue weighted by Crippen LogP contribution is -2.26. The Balaban J connectivity index is 2.21. The lowest BCUT2D eigenvalue weighted by atomic mass is 10.2. The number of rotatable bonds is 4.